The minimum Gasteiger partial charge on any atom is -0.481 e. The lowest BCUT2D eigenvalue weighted by atomic mass is 10.1. The largest absolute Gasteiger partial charge is 0.481 e. The number of nitrogens with zero attached hydrogens (tertiary/aromatic N) is 2. The zero-order valence-electron chi connectivity index (χ0n) is 9.39. The number of pyridine rings is 1. The fraction of sp³-hybridized carbons (Fsp3) is 0.182. The normalized spacial score (nSPS) is 10.2. The molecule has 88 valence electrons. The maximum absolute atomic E-state index is 11.0. The lowest BCUT2D eigenvalue weighted by Crippen LogP contribution is -1.98. The van der Waals surface area contributed by atoms with Gasteiger partial charge >= 0.3 is 5.97 Å². The van der Waals surface area contributed by atoms with Gasteiger partial charge in [-0.3, -0.25) is 5.10 Å². The zero-order chi connectivity index (χ0) is 12.4. The van der Waals surface area contributed by atoms with Crippen molar-refractivity contribution in [3.63, 3.8) is 0 Å². The van der Waals surface area contributed by atoms with Crippen molar-refractivity contribution in [2.24, 2.45) is 0 Å². The van der Waals surface area contributed by atoms with Crippen molar-refractivity contribution in [2.75, 3.05) is 7.11 Å². The topological polar surface area (TPSA) is 88.1 Å². The Bertz CT molecular complexity index is 563. The highest BCUT2D eigenvalue weighted by Crippen LogP contribution is 2.24. The number of methoxy groups -OCH3 is 1. The van der Waals surface area contributed by atoms with Gasteiger partial charge in [0.15, 0.2) is 0 Å². The molecule has 0 amide bonds. The van der Waals surface area contributed by atoms with Gasteiger partial charge in [-0.1, -0.05) is 0 Å². The van der Waals surface area contributed by atoms with E-state index < -0.39 is 5.97 Å². The molecule has 0 unspecified atom stereocenters. The maximum atomic E-state index is 11.0. The minimum absolute atomic E-state index is 0.123. The Labute approximate surface area is 97.3 Å². The van der Waals surface area contributed by atoms with Crippen LogP contribution in [0.3, 0.4) is 0 Å². The Morgan fingerprint density at radius 1 is 1.47 bits per heavy atom. The number of H-pyrrole nitrogens is 1. The first-order valence-corrected chi connectivity index (χ1v) is 4.91. The van der Waals surface area contributed by atoms with Crippen molar-refractivity contribution >= 4 is 5.97 Å². The maximum Gasteiger partial charge on any atom is 0.339 e. The molecule has 0 fully saturated rings. The van der Waals surface area contributed by atoms with E-state index >= 15 is 0 Å². The Morgan fingerprint density at radius 3 is 2.88 bits per heavy atom. The molecule has 0 aliphatic rings. The number of aromatic nitrogens is 3. The second-order valence-electron chi connectivity index (χ2n) is 3.50. The second kappa shape index (κ2) is 4.25. The van der Waals surface area contributed by atoms with E-state index in [0.717, 1.165) is 5.69 Å². The van der Waals surface area contributed by atoms with Crippen LogP contribution in [-0.4, -0.2) is 33.4 Å². The van der Waals surface area contributed by atoms with E-state index in [-0.39, 0.29) is 5.56 Å². The van der Waals surface area contributed by atoms with Gasteiger partial charge in [0.1, 0.15) is 5.56 Å². The van der Waals surface area contributed by atoms with Crippen molar-refractivity contribution in [1.29, 1.82) is 0 Å². The summed E-state index contributed by atoms with van der Waals surface area (Å²) in [5, 5.41) is 15.4. The Hall–Kier alpha value is -2.37. The van der Waals surface area contributed by atoms with Gasteiger partial charge in [-0.2, -0.15) is 5.10 Å². The molecule has 0 aliphatic carbocycles. The van der Waals surface area contributed by atoms with Crippen LogP contribution in [-0.2, 0) is 0 Å². The predicted molar refractivity (Wildman–Crippen MR) is 60.1 cm³/mol. The SMILES string of the molecule is COc1cc(-c2[nH]ncc2C(=O)O)cc(C)n1. The Morgan fingerprint density at radius 2 is 2.24 bits per heavy atom. The van der Waals surface area contributed by atoms with Crippen LogP contribution in [0.2, 0.25) is 0 Å². The van der Waals surface area contributed by atoms with Crippen molar-refractivity contribution in [3.8, 4) is 17.1 Å². The van der Waals surface area contributed by atoms with Crippen molar-refractivity contribution < 1.29 is 14.6 Å². The third-order valence-electron chi connectivity index (χ3n) is 2.30. The van der Waals surface area contributed by atoms with Crippen molar-refractivity contribution in [3.05, 3.63) is 29.6 Å². The molecule has 0 bridgehead atoms. The number of carbonyl (C=O) groups is 1. The summed E-state index contributed by atoms with van der Waals surface area (Å²) in [4.78, 5) is 15.1. The Kier molecular flexibility index (Phi) is 2.78. The number of hydrogen-bond donors (Lipinski definition) is 2. The average Bonchev–Trinajstić information content (AvgIpc) is 2.77. The summed E-state index contributed by atoms with van der Waals surface area (Å²) < 4.78 is 5.04. The van der Waals surface area contributed by atoms with Gasteiger partial charge in [0.25, 0.3) is 0 Å². The monoisotopic (exact) mass is 233 g/mol. The summed E-state index contributed by atoms with van der Waals surface area (Å²) in [6.07, 6.45) is 1.28. The quantitative estimate of drug-likeness (QED) is 0.838. The van der Waals surface area contributed by atoms with E-state index in [4.69, 9.17) is 9.84 Å². The molecule has 2 N–H and O–H groups in total. The predicted octanol–water partition coefficient (Wildman–Crippen LogP) is 1.49. The second-order valence-corrected chi connectivity index (χ2v) is 3.50. The molecule has 2 heterocycles. The summed E-state index contributed by atoms with van der Waals surface area (Å²) in [5.74, 6) is -0.590. The van der Waals surface area contributed by atoms with Crippen LogP contribution in [0, 0.1) is 6.92 Å². The highest BCUT2D eigenvalue weighted by Gasteiger charge is 2.15. The highest BCUT2D eigenvalue weighted by molar-refractivity contribution is 5.94. The average molecular weight is 233 g/mol. The molecule has 6 nitrogen and oxygen atoms in total. The van der Waals surface area contributed by atoms with Crippen LogP contribution < -0.4 is 4.74 Å². The van der Waals surface area contributed by atoms with Crippen LogP contribution >= 0.6 is 0 Å². The lowest BCUT2D eigenvalue weighted by molar-refractivity contribution is 0.0698. The fourth-order valence-corrected chi connectivity index (χ4v) is 1.56. The van der Waals surface area contributed by atoms with Crippen LogP contribution in [0.4, 0.5) is 0 Å². The zero-order valence-corrected chi connectivity index (χ0v) is 9.39. The fourth-order valence-electron chi connectivity index (χ4n) is 1.56. The molecule has 0 saturated heterocycles. The number of aromatic amines is 1. The molecule has 2 aromatic rings. The van der Waals surface area contributed by atoms with E-state index in [1.807, 2.05) is 6.92 Å². The van der Waals surface area contributed by atoms with E-state index in [1.165, 1.54) is 13.3 Å². The van der Waals surface area contributed by atoms with Crippen LogP contribution in [0.1, 0.15) is 16.1 Å². The molecule has 0 radical (unpaired) electrons. The minimum atomic E-state index is -1.03. The van der Waals surface area contributed by atoms with Gasteiger partial charge in [0.2, 0.25) is 5.88 Å². The molecule has 0 atom stereocenters. The number of aromatic carboxylic acids is 1. The van der Waals surface area contributed by atoms with Crippen LogP contribution in [0.15, 0.2) is 18.3 Å². The molecular formula is C11H11N3O3. The number of aryl methyl sites for hydroxylation is 1. The molecule has 0 spiro atoms. The first kappa shape index (κ1) is 11.1. The van der Waals surface area contributed by atoms with Crippen LogP contribution in [0.25, 0.3) is 11.3 Å². The van der Waals surface area contributed by atoms with E-state index in [1.54, 1.807) is 12.1 Å². The third-order valence-corrected chi connectivity index (χ3v) is 2.30. The molecular weight excluding hydrogens is 222 g/mol. The smallest absolute Gasteiger partial charge is 0.339 e. The molecule has 2 aromatic heterocycles. The lowest BCUT2D eigenvalue weighted by Gasteiger charge is -2.05. The van der Waals surface area contributed by atoms with Gasteiger partial charge in [-0.25, -0.2) is 9.78 Å². The highest BCUT2D eigenvalue weighted by atomic mass is 16.5. The molecule has 2 rings (SSSR count). The van der Waals surface area contributed by atoms with Gasteiger partial charge in [-0.15, -0.1) is 0 Å². The summed E-state index contributed by atoms with van der Waals surface area (Å²) in [6, 6.07) is 3.43. The third kappa shape index (κ3) is 2.10. The van der Waals surface area contributed by atoms with E-state index in [0.29, 0.717) is 17.1 Å². The first-order chi connectivity index (χ1) is 8.11. The summed E-state index contributed by atoms with van der Waals surface area (Å²) >= 11 is 0. The molecule has 0 aliphatic heterocycles. The number of rotatable bonds is 3. The van der Waals surface area contributed by atoms with Crippen molar-refractivity contribution in [1.82, 2.24) is 15.2 Å². The molecule has 17 heavy (non-hydrogen) atoms. The number of carboxylic acids is 1. The number of ether oxygens (including phenoxy) is 1. The van der Waals surface area contributed by atoms with Crippen molar-refractivity contribution in [2.45, 2.75) is 6.92 Å². The van der Waals surface area contributed by atoms with Gasteiger partial charge in [0.05, 0.1) is 19.0 Å². The van der Waals surface area contributed by atoms with Gasteiger partial charge in [0, 0.05) is 17.3 Å². The van der Waals surface area contributed by atoms with Crippen LogP contribution in [0.5, 0.6) is 5.88 Å². The van der Waals surface area contributed by atoms with E-state index in [2.05, 4.69) is 15.2 Å². The number of carboxylic acid groups (broad SMARTS) is 1. The first-order valence-electron chi connectivity index (χ1n) is 4.91. The number of nitrogens with one attached hydrogen (secondary N) is 1. The summed E-state index contributed by atoms with van der Waals surface area (Å²) in [6.45, 7) is 1.81. The number of hydrogen-bond acceptors (Lipinski definition) is 4. The molecule has 0 saturated carbocycles. The Balaban J connectivity index is 2.56. The standard InChI is InChI=1S/C11H11N3O3/c1-6-3-7(4-9(13-6)17-2)10-8(11(15)16)5-12-14-10/h3-5H,1-2H3,(H,12,14)(H,15,16). The molecule has 0 aromatic carbocycles. The van der Waals surface area contributed by atoms with Gasteiger partial charge < -0.3 is 9.84 Å². The summed E-state index contributed by atoms with van der Waals surface area (Å²) in [7, 11) is 1.51. The van der Waals surface area contributed by atoms with Gasteiger partial charge in [-0.05, 0) is 13.0 Å². The van der Waals surface area contributed by atoms with E-state index in [9.17, 15) is 4.79 Å². The summed E-state index contributed by atoms with van der Waals surface area (Å²) in [5.41, 5.74) is 1.99. The molecule has 6 heteroatoms.